The molecule has 0 saturated heterocycles. The number of benzene rings is 2. The Morgan fingerprint density at radius 2 is 1.55 bits per heavy atom. The molecule has 3 rings (SSSR count). The minimum Gasteiger partial charge on any atom is -0.465 e. The maximum atomic E-state index is 12.6. The van der Waals surface area contributed by atoms with Crippen LogP contribution in [0.5, 0.6) is 0 Å². The normalized spacial score (nSPS) is 10.3. The van der Waals surface area contributed by atoms with E-state index < -0.39 is 5.97 Å². The van der Waals surface area contributed by atoms with Crippen molar-refractivity contribution in [2.24, 2.45) is 0 Å². The number of esters is 1. The molecule has 0 radical (unpaired) electrons. The second kappa shape index (κ2) is 8.56. The first-order chi connectivity index (χ1) is 13.9. The molecule has 2 aromatic carbocycles. The Morgan fingerprint density at radius 1 is 0.897 bits per heavy atom. The molecule has 0 saturated carbocycles. The molecule has 1 heterocycles. The fourth-order valence-corrected chi connectivity index (χ4v) is 3.16. The van der Waals surface area contributed by atoms with Gasteiger partial charge in [0.2, 0.25) is 0 Å². The number of hydrogen-bond acceptors (Lipinski definition) is 5. The van der Waals surface area contributed by atoms with Crippen molar-refractivity contribution in [2.45, 2.75) is 20.8 Å². The first-order valence-electron chi connectivity index (χ1n) is 9.18. The summed E-state index contributed by atoms with van der Waals surface area (Å²) in [5.74, 6) is -0.762. The van der Waals surface area contributed by atoms with Gasteiger partial charge in [0.1, 0.15) is 5.69 Å². The maximum Gasteiger partial charge on any atom is 0.337 e. The number of pyridine rings is 1. The van der Waals surface area contributed by atoms with Gasteiger partial charge in [-0.2, -0.15) is 0 Å². The number of hydrogen-bond donors (Lipinski definition) is 2. The van der Waals surface area contributed by atoms with Crippen molar-refractivity contribution in [1.82, 2.24) is 4.98 Å². The van der Waals surface area contributed by atoms with Gasteiger partial charge in [0.25, 0.3) is 5.91 Å². The van der Waals surface area contributed by atoms with E-state index in [-0.39, 0.29) is 11.6 Å². The van der Waals surface area contributed by atoms with Crippen LogP contribution in [0.2, 0.25) is 0 Å². The highest BCUT2D eigenvalue weighted by Gasteiger charge is 2.11. The average molecular weight is 389 g/mol. The third kappa shape index (κ3) is 4.79. The van der Waals surface area contributed by atoms with Crippen LogP contribution in [-0.2, 0) is 4.74 Å². The molecule has 0 aliphatic carbocycles. The summed E-state index contributed by atoms with van der Waals surface area (Å²) in [6.07, 6.45) is 1.59. The fraction of sp³-hybridized carbons (Fsp3) is 0.174. The molecule has 0 aliphatic rings. The number of nitrogens with zero attached hydrogens (tertiary/aromatic N) is 1. The number of anilines is 3. The van der Waals surface area contributed by atoms with Crippen molar-refractivity contribution >= 4 is 28.9 Å². The third-order valence-electron chi connectivity index (χ3n) is 4.50. The number of carbonyl (C=O) groups excluding carboxylic acids is 2. The minimum atomic E-state index is -0.426. The van der Waals surface area contributed by atoms with Crippen LogP contribution in [0.3, 0.4) is 0 Å². The molecular weight excluding hydrogens is 366 g/mol. The molecule has 0 unspecified atom stereocenters. The molecule has 2 N–H and O–H groups in total. The summed E-state index contributed by atoms with van der Waals surface area (Å²) in [5.41, 5.74) is 6.54. The van der Waals surface area contributed by atoms with E-state index in [1.807, 2.05) is 6.07 Å². The number of carbonyl (C=O) groups is 2. The molecule has 6 heteroatoms. The van der Waals surface area contributed by atoms with Crippen molar-refractivity contribution in [3.8, 4) is 0 Å². The van der Waals surface area contributed by atoms with Crippen LogP contribution in [0.1, 0.15) is 37.5 Å². The van der Waals surface area contributed by atoms with Gasteiger partial charge >= 0.3 is 5.97 Å². The number of nitrogens with one attached hydrogen (secondary N) is 2. The fourth-order valence-electron chi connectivity index (χ4n) is 3.16. The van der Waals surface area contributed by atoms with Crippen LogP contribution in [0.4, 0.5) is 17.1 Å². The second-order valence-corrected chi connectivity index (χ2v) is 6.85. The molecule has 29 heavy (non-hydrogen) atoms. The zero-order valence-corrected chi connectivity index (χ0v) is 16.9. The first-order valence-corrected chi connectivity index (χ1v) is 9.18. The van der Waals surface area contributed by atoms with Gasteiger partial charge in [-0.1, -0.05) is 17.7 Å². The van der Waals surface area contributed by atoms with Gasteiger partial charge in [0.05, 0.1) is 12.7 Å². The highest BCUT2D eigenvalue weighted by molar-refractivity contribution is 6.03. The minimum absolute atomic E-state index is 0.287. The zero-order valence-electron chi connectivity index (χ0n) is 16.9. The van der Waals surface area contributed by atoms with Crippen molar-refractivity contribution in [3.05, 3.63) is 82.7 Å². The Labute approximate surface area is 169 Å². The lowest BCUT2D eigenvalue weighted by Crippen LogP contribution is -2.14. The van der Waals surface area contributed by atoms with E-state index >= 15 is 0 Å². The van der Waals surface area contributed by atoms with Crippen LogP contribution in [-0.4, -0.2) is 24.0 Å². The van der Waals surface area contributed by atoms with Gasteiger partial charge in [-0.3, -0.25) is 9.78 Å². The molecule has 0 bridgehead atoms. The van der Waals surface area contributed by atoms with Gasteiger partial charge in [0.15, 0.2) is 0 Å². The molecule has 6 nitrogen and oxygen atoms in total. The Hall–Kier alpha value is -3.67. The predicted molar refractivity (Wildman–Crippen MR) is 114 cm³/mol. The Morgan fingerprint density at radius 3 is 2.17 bits per heavy atom. The van der Waals surface area contributed by atoms with Crippen molar-refractivity contribution < 1.29 is 14.3 Å². The SMILES string of the molecule is COC(=O)c1ccc(NC(=O)c2cc(Nc3c(C)cc(C)cc3C)ccn2)cc1. The predicted octanol–water partition coefficient (Wildman–Crippen LogP) is 4.79. The molecule has 0 fully saturated rings. The van der Waals surface area contributed by atoms with Crippen LogP contribution in [0.15, 0.2) is 54.7 Å². The van der Waals surface area contributed by atoms with Gasteiger partial charge in [-0.15, -0.1) is 0 Å². The largest absolute Gasteiger partial charge is 0.465 e. The van der Waals surface area contributed by atoms with Gasteiger partial charge < -0.3 is 15.4 Å². The Bertz CT molecular complexity index is 1040. The highest BCUT2D eigenvalue weighted by Crippen LogP contribution is 2.26. The number of aromatic nitrogens is 1. The van der Waals surface area contributed by atoms with E-state index in [0.717, 1.165) is 22.5 Å². The van der Waals surface area contributed by atoms with Crippen LogP contribution >= 0.6 is 0 Å². The highest BCUT2D eigenvalue weighted by atomic mass is 16.5. The van der Waals surface area contributed by atoms with Gasteiger partial charge in [0, 0.05) is 23.3 Å². The van der Waals surface area contributed by atoms with Gasteiger partial charge in [-0.25, -0.2) is 4.79 Å². The monoisotopic (exact) mass is 389 g/mol. The number of methoxy groups -OCH3 is 1. The summed E-state index contributed by atoms with van der Waals surface area (Å²) in [6, 6.07) is 14.2. The summed E-state index contributed by atoms with van der Waals surface area (Å²) in [5, 5.41) is 6.16. The summed E-state index contributed by atoms with van der Waals surface area (Å²) >= 11 is 0. The lowest BCUT2D eigenvalue weighted by Gasteiger charge is -2.14. The standard InChI is InChI=1S/C23H23N3O3/c1-14-11-15(2)21(16(3)12-14)25-19-9-10-24-20(13-19)22(27)26-18-7-5-17(6-8-18)23(28)29-4/h5-13H,1-4H3,(H,24,25)(H,26,27). The van der Waals surface area contributed by atoms with E-state index in [9.17, 15) is 9.59 Å². The number of amides is 1. The molecule has 1 aromatic heterocycles. The van der Waals surface area contributed by atoms with Crippen molar-refractivity contribution in [3.63, 3.8) is 0 Å². The summed E-state index contributed by atoms with van der Waals surface area (Å²) in [7, 11) is 1.32. The lowest BCUT2D eigenvalue weighted by molar-refractivity contribution is 0.0600. The molecule has 148 valence electrons. The van der Waals surface area contributed by atoms with Crippen LogP contribution in [0.25, 0.3) is 0 Å². The van der Waals surface area contributed by atoms with Crippen molar-refractivity contribution in [1.29, 1.82) is 0 Å². The summed E-state index contributed by atoms with van der Waals surface area (Å²) < 4.78 is 4.67. The molecule has 0 spiro atoms. The molecular formula is C23H23N3O3. The first kappa shape index (κ1) is 20.1. The van der Waals surface area contributed by atoms with E-state index in [0.29, 0.717) is 11.3 Å². The maximum absolute atomic E-state index is 12.6. The number of ether oxygens (including phenoxy) is 1. The van der Waals surface area contributed by atoms with Crippen LogP contribution in [0, 0.1) is 20.8 Å². The summed E-state index contributed by atoms with van der Waals surface area (Å²) in [6.45, 7) is 6.17. The van der Waals surface area contributed by atoms with E-state index in [4.69, 9.17) is 0 Å². The summed E-state index contributed by atoms with van der Waals surface area (Å²) in [4.78, 5) is 28.2. The topological polar surface area (TPSA) is 80.3 Å². The van der Waals surface area contributed by atoms with Crippen molar-refractivity contribution in [2.75, 3.05) is 17.7 Å². The molecule has 0 atom stereocenters. The van der Waals surface area contributed by atoms with E-state index in [2.05, 4.69) is 53.3 Å². The quantitative estimate of drug-likeness (QED) is 0.613. The van der Waals surface area contributed by atoms with Crippen LogP contribution < -0.4 is 10.6 Å². The van der Waals surface area contributed by atoms with E-state index in [1.165, 1.54) is 12.7 Å². The van der Waals surface area contributed by atoms with E-state index in [1.54, 1.807) is 36.5 Å². The molecule has 1 amide bonds. The van der Waals surface area contributed by atoms with Gasteiger partial charge in [-0.05, 0) is 68.3 Å². The Kier molecular flexibility index (Phi) is 5.93. The Balaban J connectivity index is 1.75. The zero-order chi connectivity index (χ0) is 21.0. The second-order valence-electron chi connectivity index (χ2n) is 6.85. The number of rotatable bonds is 5. The number of aryl methyl sites for hydroxylation is 3. The third-order valence-corrected chi connectivity index (χ3v) is 4.50. The molecule has 0 aliphatic heterocycles. The molecule has 3 aromatic rings. The average Bonchev–Trinajstić information content (AvgIpc) is 2.71. The lowest BCUT2D eigenvalue weighted by atomic mass is 10.0. The smallest absolute Gasteiger partial charge is 0.337 e.